The number of hydrogen-bond donors (Lipinski definition) is 4. The standard InChI is InChI=1S/C25H35NO4S/c26-17-18-16-21(27)20(19(18)8-3-1-2-4-12-24(29)30)9-5-10-22(28)25(13-7-14-25)23-11-6-15-31-23/h1,3,5-6,9,11,15,17-22,26-28H,2,4,7-8,10,12-14,16H2,(H,29,30)/b3-1-,9-5+,26-17?/t18?,19-,20?,21+,22?/m0/s1. The van der Waals surface area contributed by atoms with E-state index in [-0.39, 0.29) is 29.6 Å². The first kappa shape index (κ1) is 23.9. The van der Waals surface area contributed by atoms with Crippen molar-refractivity contribution in [3.05, 3.63) is 46.7 Å². The van der Waals surface area contributed by atoms with Crippen LogP contribution in [0.2, 0.25) is 0 Å². The number of carbonyl (C=O) groups is 1. The highest BCUT2D eigenvalue weighted by atomic mass is 32.1. The smallest absolute Gasteiger partial charge is 0.303 e. The average Bonchev–Trinajstić information content (AvgIpc) is 3.33. The second-order valence-corrected chi connectivity index (χ2v) is 9.98. The van der Waals surface area contributed by atoms with Crippen LogP contribution in [0.5, 0.6) is 0 Å². The molecule has 3 rings (SSSR count). The summed E-state index contributed by atoms with van der Waals surface area (Å²) >= 11 is 1.72. The number of aliphatic carboxylic acids is 1. The molecule has 2 saturated carbocycles. The van der Waals surface area contributed by atoms with E-state index in [4.69, 9.17) is 10.5 Å². The van der Waals surface area contributed by atoms with Crippen molar-refractivity contribution in [2.24, 2.45) is 17.8 Å². The molecule has 3 unspecified atom stereocenters. The van der Waals surface area contributed by atoms with E-state index < -0.39 is 18.2 Å². The minimum Gasteiger partial charge on any atom is -0.481 e. The Morgan fingerprint density at radius 3 is 2.74 bits per heavy atom. The molecule has 6 heteroatoms. The van der Waals surface area contributed by atoms with Gasteiger partial charge in [0.1, 0.15) is 0 Å². The van der Waals surface area contributed by atoms with Gasteiger partial charge in [0, 0.05) is 22.6 Å². The van der Waals surface area contributed by atoms with Crippen LogP contribution in [0.4, 0.5) is 0 Å². The Hall–Kier alpha value is -1.76. The van der Waals surface area contributed by atoms with E-state index in [0.29, 0.717) is 19.3 Å². The SMILES string of the molecule is N=CC1C[C@@H](O)C(/C=C/CC(O)C2(c3cccs3)CCC2)[C@H]1C/C=C\CCCC(=O)O. The Labute approximate surface area is 189 Å². The van der Waals surface area contributed by atoms with Gasteiger partial charge < -0.3 is 20.7 Å². The molecule has 0 radical (unpaired) electrons. The summed E-state index contributed by atoms with van der Waals surface area (Å²) in [6.07, 6.45) is 15.4. The first-order valence-corrected chi connectivity index (χ1v) is 12.3. The molecule has 1 aromatic rings. The Kier molecular flexibility index (Phi) is 8.64. The lowest BCUT2D eigenvalue weighted by atomic mass is 9.63. The number of aliphatic hydroxyl groups excluding tert-OH is 2. The van der Waals surface area contributed by atoms with E-state index in [1.165, 1.54) is 11.1 Å². The Balaban J connectivity index is 1.57. The number of nitrogens with one attached hydrogen (secondary N) is 1. The molecule has 0 saturated heterocycles. The molecule has 2 aliphatic rings. The largest absolute Gasteiger partial charge is 0.481 e. The van der Waals surface area contributed by atoms with Crippen molar-refractivity contribution in [3.8, 4) is 0 Å². The van der Waals surface area contributed by atoms with Crippen molar-refractivity contribution in [1.29, 1.82) is 5.41 Å². The van der Waals surface area contributed by atoms with E-state index in [9.17, 15) is 15.0 Å². The van der Waals surface area contributed by atoms with Crippen LogP contribution in [0.1, 0.15) is 62.7 Å². The van der Waals surface area contributed by atoms with Crippen LogP contribution in [-0.4, -0.2) is 39.7 Å². The first-order chi connectivity index (χ1) is 15.0. The molecule has 1 heterocycles. The van der Waals surface area contributed by atoms with Crippen LogP contribution in [0, 0.1) is 23.2 Å². The molecule has 31 heavy (non-hydrogen) atoms. The van der Waals surface area contributed by atoms with Crippen molar-refractivity contribution < 1.29 is 20.1 Å². The van der Waals surface area contributed by atoms with Gasteiger partial charge in [0.05, 0.1) is 12.2 Å². The first-order valence-electron chi connectivity index (χ1n) is 11.4. The number of thiophene rings is 1. The number of hydrogen-bond acceptors (Lipinski definition) is 5. The summed E-state index contributed by atoms with van der Waals surface area (Å²) < 4.78 is 0. The third-order valence-electron chi connectivity index (χ3n) is 7.17. The molecule has 5 atom stereocenters. The molecule has 0 spiro atoms. The fraction of sp³-hybridized carbons (Fsp3) is 0.600. The van der Waals surface area contributed by atoms with Crippen LogP contribution in [0.15, 0.2) is 41.8 Å². The van der Waals surface area contributed by atoms with Crippen molar-refractivity contribution >= 4 is 23.5 Å². The van der Waals surface area contributed by atoms with Crippen LogP contribution in [0.25, 0.3) is 0 Å². The molecule has 0 aliphatic heterocycles. The van der Waals surface area contributed by atoms with Crippen LogP contribution >= 0.6 is 11.3 Å². The zero-order valence-electron chi connectivity index (χ0n) is 18.0. The van der Waals surface area contributed by atoms with Gasteiger partial charge in [0.2, 0.25) is 0 Å². The summed E-state index contributed by atoms with van der Waals surface area (Å²) in [6.45, 7) is 0. The summed E-state index contributed by atoms with van der Waals surface area (Å²) in [5, 5.41) is 40.1. The van der Waals surface area contributed by atoms with Gasteiger partial charge in [-0.15, -0.1) is 11.3 Å². The second-order valence-electron chi connectivity index (χ2n) is 9.03. The zero-order valence-corrected chi connectivity index (χ0v) is 18.8. The van der Waals surface area contributed by atoms with E-state index in [0.717, 1.165) is 32.1 Å². The summed E-state index contributed by atoms with van der Waals surface area (Å²) in [4.78, 5) is 11.9. The maximum Gasteiger partial charge on any atom is 0.303 e. The predicted molar refractivity (Wildman–Crippen MR) is 125 cm³/mol. The quantitative estimate of drug-likeness (QED) is 0.208. The van der Waals surface area contributed by atoms with E-state index in [1.807, 2.05) is 12.2 Å². The van der Waals surface area contributed by atoms with Crippen molar-refractivity contribution in [2.75, 3.05) is 0 Å². The summed E-state index contributed by atoms with van der Waals surface area (Å²) in [5.74, 6) is -0.596. The molecule has 0 amide bonds. The van der Waals surface area contributed by atoms with E-state index in [2.05, 4.69) is 29.7 Å². The minimum atomic E-state index is -0.772. The number of allylic oxidation sites excluding steroid dienone is 2. The van der Waals surface area contributed by atoms with Crippen molar-refractivity contribution in [3.63, 3.8) is 0 Å². The molecular weight excluding hydrogens is 410 g/mol. The number of unbranched alkanes of at least 4 members (excludes halogenated alkanes) is 1. The molecule has 4 N–H and O–H groups in total. The van der Waals surface area contributed by atoms with Crippen LogP contribution < -0.4 is 0 Å². The second kappa shape index (κ2) is 11.2. The summed E-state index contributed by atoms with van der Waals surface area (Å²) in [6, 6.07) is 4.18. The molecule has 0 bridgehead atoms. The normalized spacial score (nSPS) is 28.7. The van der Waals surface area contributed by atoms with Gasteiger partial charge in [-0.05, 0) is 74.4 Å². The predicted octanol–water partition coefficient (Wildman–Crippen LogP) is 4.94. The Morgan fingerprint density at radius 2 is 2.13 bits per heavy atom. The van der Waals surface area contributed by atoms with Gasteiger partial charge >= 0.3 is 5.97 Å². The third-order valence-corrected chi connectivity index (χ3v) is 8.26. The maximum atomic E-state index is 11.0. The van der Waals surface area contributed by atoms with Crippen molar-refractivity contribution in [1.82, 2.24) is 0 Å². The zero-order chi connectivity index (χ0) is 22.3. The highest BCUT2D eigenvalue weighted by molar-refractivity contribution is 7.10. The fourth-order valence-corrected chi connectivity index (χ4v) is 6.21. The topological polar surface area (TPSA) is 102 Å². The summed E-state index contributed by atoms with van der Waals surface area (Å²) in [7, 11) is 0. The summed E-state index contributed by atoms with van der Waals surface area (Å²) in [5.41, 5.74) is -0.109. The molecule has 170 valence electrons. The number of rotatable bonds is 12. The lowest BCUT2D eigenvalue weighted by molar-refractivity contribution is -0.137. The number of aliphatic hydroxyl groups is 2. The molecule has 0 aromatic carbocycles. The van der Waals surface area contributed by atoms with Crippen LogP contribution in [-0.2, 0) is 10.2 Å². The molecule has 5 nitrogen and oxygen atoms in total. The molecular formula is C25H35NO4S. The third kappa shape index (κ3) is 5.73. The van der Waals surface area contributed by atoms with Gasteiger partial charge in [-0.1, -0.05) is 36.8 Å². The lowest BCUT2D eigenvalue weighted by Crippen LogP contribution is -2.44. The van der Waals surface area contributed by atoms with E-state index in [1.54, 1.807) is 11.3 Å². The van der Waals surface area contributed by atoms with Gasteiger partial charge in [0.25, 0.3) is 0 Å². The monoisotopic (exact) mass is 445 g/mol. The maximum absolute atomic E-state index is 11.0. The van der Waals surface area contributed by atoms with E-state index >= 15 is 0 Å². The fourth-order valence-electron chi connectivity index (χ4n) is 5.17. The highest BCUT2D eigenvalue weighted by Gasteiger charge is 2.45. The average molecular weight is 446 g/mol. The highest BCUT2D eigenvalue weighted by Crippen LogP contribution is 2.49. The van der Waals surface area contributed by atoms with Gasteiger partial charge in [-0.25, -0.2) is 0 Å². The molecule has 2 aliphatic carbocycles. The van der Waals surface area contributed by atoms with Gasteiger partial charge in [-0.2, -0.15) is 0 Å². The van der Waals surface area contributed by atoms with Gasteiger partial charge in [0.15, 0.2) is 0 Å². The van der Waals surface area contributed by atoms with Crippen LogP contribution in [0.3, 0.4) is 0 Å². The van der Waals surface area contributed by atoms with Crippen molar-refractivity contribution in [2.45, 2.75) is 75.4 Å². The Bertz CT molecular complexity index is 768. The number of carboxylic acids is 1. The molecule has 2 fully saturated rings. The Morgan fingerprint density at radius 1 is 1.32 bits per heavy atom. The number of carboxylic acid groups (broad SMARTS) is 1. The lowest BCUT2D eigenvalue weighted by Gasteiger charge is -2.45. The minimum absolute atomic E-state index is 0.0263. The molecule has 1 aromatic heterocycles. The van der Waals surface area contributed by atoms with Gasteiger partial charge in [-0.3, -0.25) is 4.79 Å².